The fraction of sp³-hybridized carbons (Fsp3) is 0.278. The van der Waals surface area contributed by atoms with Gasteiger partial charge in [0, 0.05) is 17.1 Å². The fourth-order valence-electron chi connectivity index (χ4n) is 2.58. The van der Waals surface area contributed by atoms with Crippen LogP contribution >= 0.6 is 23.5 Å². The molecular formula is C18H18OS2. The minimum Gasteiger partial charge on any atom is -0.282 e. The summed E-state index contributed by atoms with van der Waals surface area (Å²) in [7, 11) is 0. The van der Waals surface area contributed by atoms with Crippen molar-refractivity contribution >= 4 is 28.6 Å². The molecule has 0 aromatic heterocycles. The Morgan fingerprint density at radius 3 is 2.19 bits per heavy atom. The van der Waals surface area contributed by atoms with Crippen LogP contribution in [0.25, 0.3) is 0 Å². The molecule has 0 bridgehead atoms. The number of benzene rings is 2. The summed E-state index contributed by atoms with van der Waals surface area (Å²) in [5.41, 5.74) is 5.21. The van der Waals surface area contributed by atoms with Crippen molar-refractivity contribution in [2.75, 3.05) is 11.5 Å². The molecule has 2 aromatic carbocycles. The van der Waals surface area contributed by atoms with E-state index in [4.69, 9.17) is 0 Å². The van der Waals surface area contributed by atoms with Gasteiger partial charge in [-0.05, 0) is 35.3 Å². The zero-order chi connectivity index (χ0) is 14.5. The van der Waals surface area contributed by atoms with E-state index in [2.05, 4.69) is 24.3 Å². The van der Waals surface area contributed by atoms with Crippen LogP contribution in [0.2, 0.25) is 0 Å². The van der Waals surface area contributed by atoms with Crippen LogP contribution in [-0.2, 0) is 18.6 Å². The molecule has 1 nitrogen and oxygen atoms in total. The van der Waals surface area contributed by atoms with Crippen molar-refractivity contribution in [2.24, 2.45) is 0 Å². The second-order valence-electron chi connectivity index (χ2n) is 5.11. The molecule has 0 spiro atoms. The van der Waals surface area contributed by atoms with Gasteiger partial charge in [-0.25, -0.2) is 0 Å². The third kappa shape index (κ3) is 3.72. The third-order valence-corrected chi connectivity index (χ3v) is 5.63. The van der Waals surface area contributed by atoms with E-state index < -0.39 is 0 Å². The van der Waals surface area contributed by atoms with E-state index in [1.54, 1.807) is 11.1 Å². The molecular weight excluding hydrogens is 296 g/mol. The first kappa shape index (κ1) is 14.7. The molecule has 0 N–H and O–H groups in total. The number of aryl methyl sites for hydroxylation is 2. The van der Waals surface area contributed by atoms with Crippen LogP contribution in [0.4, 0.5) is 0 Å². The number of fused-ring (bicyclic) bond motifs is 2. The van der Waals surface area contributed by atoms with Gasteiger partial charge in [0.25, 0.3) is 0 Å². The highest BCUT2D eigenvalue weighted by Crippen LogP contribution is 2.24. The average Bonchev–Trinajstić information content (AvgIpc) is 2.56. The SMILES string of the molecule is O=C1SCCc2ccccc21.c1ccc2c(c1)CCSC2. The van der Waals surface area contributed by atoms with Gasteiger partial charge in [0.1, 0.15) is 0 Å². The largest absolute Gasteiger partial charge is 0.282 e. The van der Waals surface area contributed by atoms with Gasteiger partial charge in [0.05, 0.1) is 0 Å². The van der Waals surface area contributed by atoms with Gasteiger partial charge in [0.15, 0.2) is 0 Å². The zero-order valence-corrected chi connectivity index (χ0v) is 13.5. The summed E-state index contributed by atoms with van der Waals surface area (Å²) in [6, 6.07) is 16.6. The molecule has 0 aliphatic carbocycles. The smallest absolute Gasteiger partial charge is 0.219 e. The van der Waals surface area contributed by atoms with Crippen LogP contribution in [-0.4, -0.2) is 16.6 Å². The number of rotatable bonds is 0. The summed E-state index contributed by atoms with van der Waals surface area (Å²) in [5, 5.41) is 0.229. The molecule has 0 saturated heterocycles. The van der Waals surface area contributed by atoms with Crippen LogP contribution in [0.15, 0.2) is 48.5 Å². The Kier molecular flexibility index (Phi) is 5.04. The van der Waals surface area contributed by atoms with Crippen molar-refractivity contribution in [3.05, 3.63) is 70.8 Å². The van der Waals surface area contributed by atoms with E-state index in [-0.39, 0.29) is 5.12 Å². The molecule has 0 saturated carbocycles. The number of carbonyl (C=O) groups excluding carboxylic acids is 1. The van der Waals surface area contributed by atoms with Crippen LogP contribution in [0.5, 0.6) is 0 Å². The van der Waals surface area contributed by atoms with Crippen LogP contribution in [0.1, 0.15) is 27.0 Å². The topological polar surface area (TPSA) is 17.1 Å². The lowest BCUT2D eigenvalue weighted by atomic mass is 10.1. The van der Waals surface area contributed by atoms with E-state index in [0.29, 0.717) is 0 Å². The predicted molar refractivity (Wildman–Crippen MR) is 93.2 cm³/mol. The number of thioether (sulfide) groups is 2. The molecule has 0 fully saturated rings. The maximum atomic E-state index is 11.2. The standard InChI is InChI=1S/C9H8OS.C9H10S/c10-9-8-4-2-1-3-7(8)5-6-11-9;1-2-4-9-7-10-6-5-8(9)3-1/h1-4H,5-6H2;1-4H,5-7H2. The first-order valence-corrected chi connectivity index (χ1v) is 9.38. The quantitative estimate of drug-likeness (QED) is 0.708. The number of hydrogen-bond donors (Lipinski definition) is 0. The van der Waals surface area contributed by atoms with E-state index in [1.807, 2.05) is 36.0 Å². The minimum atomic E-state index is 0.229. The Bertz CT molecular complexity index is 612. The number of hydrogen-bond acceptors (Lipinski definition) is 3. The Labute approximate surface area is 134 Å². The summed E-state index contributed by atoms with van der Waals surface area (Å²) < 4.78 is 0. The second-order valence-corrected chi connectivity index (χ2v) is 7.29. The second kappa shape index (κ2) is 7.19. The molecule has 0 radical (unpaired) electrons. The Hall–Kier alpha value is -1.19. The lowest BCUT2D eigenvalue weighted by molar-refractivity contribution is 0.108. The highest BCUT2D eigenvalue weighted by molar-refractivity contribution is 8.14. The van der Waals surface area contributed by atoms with Crippen LogP contribution < -0.4 is 0 Å². The van der Waals surface area contributed by atoms with Gasteiger partial charge >= 0.3 is 0 Å². The maximum absolute atomic E-state index is 11.2. The highest BCUT2D eigenvalue weighted by atomic mass is 32.2. The monoisotopic (exact) mass is 314 g/mol. The van der Waals surface area contributed by atoms with Crippen molar-refractivity contribution in [2.45, 2.75) is 18.6 Å². The molecule has 21 heavy (non-hydrogen) atoms. The Balaban J connectivity index is 0.000000126. The van der Waals surface area contributed by atoms with Crippen molar-refractivity contribution in [3.8, 4) is 0 Å². The summed E-state index contributed by atoms with van der Waals surface area (Å²) >= 11 is 3.46. The van der Waals surface area contributed by atoms with Crippen LogP contribution in [0, 0.1) is 0 Å². The van der Waals surface area contributed by atoms with Gasteiger partial charge in [-0.1, -0.05) is 60.3 Å². The van der Waals surface area contributed by atoms with E-state index >= 15 is 0 Å². The van der Waals surface area contributed by atoms with Gasteiger partial charge in [0.2, 0.25) is 5.12 Å². The van der Waals surface area contributed by atoms with E-state index in [0.717, 1.165) is 17.7 Å². The fourth-order valence-corrected chi connectivity index (χ4v) is 4.45. The molecule has 2 aliphatic rings. The summed E-state index contributed by atoms with van der Waals surface area (Å²) in [5.74, 6) is 3.46. The molecule has 3 heteroatoms. The molecule has 2 heterocycles. The molecule has 2 aliphatic heterocycles. The van der Waals surface area contributed by atoms with E-state index in [1.165, 1.54) is 35.3 Å². The number of carbonyl (C=O) groups is 1. The van der Waals surface area contributed by atoms with Gasteiger partial charge in [-0.2, -0.15) is 11.8 Å². The van der Waals surface area contributed by atoms with Crippen molar-refractivity contribution in [1.82, 2.24) is 0 Å². The summed E-state index contributed by atoms with van der Waals surface area (Å²) in [4.78, 5) is 11.2. The van der Waals surface area contributed by atoms with Crippen molar-refractivity contribution in [3.63, 3.8) is 0 Å². The third-order valence-electron chi connectivity index (χ3n) is 3.73. The van der Waals surface area contributed by atoms with E-state index in [9.17, 15) is 4.79 Å². The van der Waals surface area contributed by atoms with Gasteiger partial charge in [-0.3, -0.25) is 4.79 Å². The highest BCUT2D eigenvalue weighted by Gasteiger charge is 2.15. The van der Waals surface area contributed by atoms with Crippen molar-refractivity contribution < 1.29 is 4.79 Å². The minimum absolute atomic E-state index is 0.229. The van der Waals surface area contributed by atoms with Crippen molar-refractivity contribution in [1.29, 1.82) is 0 Å². The molecule has 4 rings (SSSR count). The maximum Gasteiger partial charge on any atom is 0.219 e. The van der Waals surface area contributed by atoms with Gasteiger partial charge < -0.3 is 0 Å². The van der Waals surface area contributed by atoms with Crippen LogP contribution in [0.3, 0.4) is 0 Å². The first-order chi connectivity index (χ1) is 10.3. The average molecular weight is 314 g/mol. The predicted octanol–water partition coefficient (Wildman–Crippen LogP) is 4.59. The zero-order valence-electron chi connectivity index (χ0n) is 11.9. The Morgan fingerprint density at radius 2 is 1.43 bits per heavy atom. The molecule has 0 amide bonds. The molecule has 108 valence electrons. The molecule has 2 aromatic rings. The summed E-state index contributed by atoms with van der Waals surface area (Å²) in [6.07, 6.45) is 2.30. The normalized spacial score (nSPS) is 16.3. The molecule has 0 unspecified atom stereocenters. The molecule has 0 atom stereocenters. The van der Waals surface area contributed by atoms with Gasteiger partial charge in [-0.15, -0.1) is 0 Å². The Morgan fingerprint density at radius 1 is 0.762 bits per heavy atom. The lowest BCUT2D eigenvalue weighted by Crippen LogP contribution is -2.08. The first-order valence-electron chi connectivity index (χ1n) is 7.24. The lowest BCUT2D eigenvalue weighted by Gasteiger charge is -2.13. The summed E-state index contributed by atoms with van der Waals surface area (Å²) in [6.45, 7) is 0.